The lowest BCUT2D eigenvalue weighted by Gasteiger charge is -2.50. The van der Waals surface area contributed by atoms with E-state index in [2.05, 4.69) is 19.2 Å². The predicted octanol–water partition coefficient (Wildman–Crippen LogP) is 2.47. The molecule has 4 nitrogen and oxygen atoms in total. The average Bonchev–Trinajstić information content (AvgIpc) is 2.80. The number of carbonyl (C=O) groups is 2. The quantitative estimate of drug-likeness (QED) is 0.844. The second-order valence-corrected chi connectivity index (χ2v) is 7.52. The second-order valence-electron chi connectivity index (χ2n) is 7.52. The first-order valence-electron chi connectivity index (χ1n) is 7.88. The summed E-state index contributed by atoms with van der Waals surface area (Å²) in [6, 6.07) is -0.258. The smallest absolute Gasteiger partial charge is 0.249 e. The highest BCUT2D eigenvalue weighted by Gasteiger charge is 2.55. The van der Waals surface area contributed by atoms with Crippen LogP contribution in [0.5, 0.6) is 0 Å². The molecule has 0 bridgehead atoms. The molecule has 2 amide bonds. The van der Waals surface area contributed by atoms with Gasteiger partial charge in [0.2, 0.25) is 11.8 Å². The van der Waals surface area contributed by atoms with Crippen LogP contribution in [0.2, 0.25) is 0 Å². The van der Waals surface area contributed by atoms with Crippen molar-refractivity contribution < 1.29 is 9.59 Å². The highest BCUT2D eigenvalue weighted by molar-refractivity contribution is 6.00. The molecule has 20 heavy (non-hydrogen) atoms. The minimum absolute atomic E-state index is 0.0271. The van der Waals surface area contributed by atoms with Crippen molar-refractivity contribution in [2.24, 2.45) is 5.41 Å². The van der Waals surface area contributed by atoms with Crippen LogP contribution in [0.25, 0.3) is 0 Å². The zero-order chi connectivity index (χ0) is 15.1. The Hall–Kier alpha value is -1.06. The van der Waals surface area contributed by atoms with Crippen LogP contribution >= 0.6 is 0 Å². The zero-order valence-corrected chi connectivity index (χ0v) is 13.5. The van der Waals surface area contributed by atoms with E-state index in [1.54, 1.807) is 0 Å². The third kappa shape index (κ3) is 2.33. The van der Waals surface area contributed by atoms with Crippen LogP contribution in [0.4, 0.5) is 0 Å². The molecular weight excluding hydrogens is 252 g/mol. The molecule has 0 aromatic rings. The van der Waals surface area contributed by atoms with E-state index in [1.807, 2.05) is 25.7 Å². The van der Waals surface area contributed by atoms with E-state index >= 15 is 0 Å². The molecular formula is C16H28N2O2. The molecule has 2 rings (SSSR count). The second kappa shape index (κ2) is 5.05. The molecule has 1 saturated carbocycles. The van der Waals surface area contributed by atoms with E-state index < -0.39 is 5.54 Å². The number of carbonyl (C=O) groups excluding carboxylic acids is 2. The average molecular weight is 280 g/mol. The maximum Gasteiger partial charge on any atom is 0.249 e. The standard InChI is InChI=1S/C16H28N2O2/c1-6-11(2)18-12(15(3,4)5)13(19)17-16(14(18)20)9-7-8-10-16/h11-12H,6-10H2,1-5H3,(H,17,19). The Morgan fingerprint density at radius 3 is 2.30 bits per heavy atom. The van der Waals surface area contributed by atoms with E-state index in [-0.39, 0.29) is 29.3 Å². The summed E-state index contributed by atoms with van der Waals surface area (Å²) in [6.07, 6.45) is 4.52. The van der Waals surface area contributed by atoms with E-state index in [0.29, 0.717) is 0 Å². The summed E-state index contributed by atoms with van der Waals surface area (Å²) in [6.45, 7) is 10.2. The monoisotopic (exact) mass is 280 g/mol. The summed E-state index contributed by atoms with van der Waals surface area (Å²) in [5.74, 6) is 0.170. The lowest BCUT2D eigenvalue weighted by molar-refractivity contribution is -0.162. The lowest BCUT2D eigenvalue weighted by Crippen LogP contribution is -2.73. The van der Waals surface area contributed by atoms with Crippen molar-refractivity contribution >= 4 is 11.8 Å². The minimum Gasteiger partial charge on any atom is -0.340 e. The molecule has 1 heterocycles. The molecule has 1 N–H and O–H groups in total. The van der Waals surface area contributed by atoms with Crippen LogP contribution in [-0.4, -0.2) is 34.3 Å². The number of amides is 2. The van der Waals surface area contributed by atoms with Crippen molar-refractivity contribution in [2.75, 3.05) is 0 Å². The van der Waals surface area contributed by atoms with Crippen molar-refractivity contribution in [3.05, 3.63) is 0 Å². The largest absolute Gasteiger partial charge is 0.340 e. The molecule has 1 spiro atoms. The molecule has 2 fully saturated rings. The van der Waals surface area contributed by atoms with Crippen LogP contribution in [0, 0.1) is 5.41 Å². The summed E-state index contributed by atoms with van der Waals surface area (Å²) in [7, 11) is 0. The molecule has 0 radical (unpaired) electrons. The number of rotatable bonds is 2. The Kier molecular flexibility index (Phi) is 3.87. The third-order valence-electron chi connectivity index (χ3n) is 4.88. The summed E-state index contributed by atoms with van der Waals surface area (Å²) in [5.41, 5.74) is -0.856. The summed E-state index contributed by atoms with van der Waals surface area (Å²) in [4.78, 5) is 27.6. The first-order valence-corrected chi connectivity index (χ1v) is 7.88. The van der Waals surface area contributed by atoms with Crippen LogP contribution < -0.4 is 5.32 Å². The topological polar surface area (TPSA) is 49.4 Å². The van der Waals surface area contributed by atoms with E-state index in [4.69, 9.17) is 0 Å². The SMILES string of the molecule is CCC(C)N1C(=O)C2(CCCC2)NC(=O)C1C(C)(C)C. The predicted molar refractivity (Wildman–Crippen MR) is 79.2 cm³/mol. The fourth-order valence-corrected chi connectivity index (χ4v) is 3.63. The molecule has 1 saturated heterocycles. The molecule has 2 atom stereocenters. The van der Waals surface area contributed by atoms with Crippen molar-refractivity contribution in [1.82, 2.24) is 10.2 Å². The van der Waals surface area contributed by atoms with Crippen LogP contribution in [0.15, 0.2) is 0 Å². The van der Waals surface area contributed by atoms with Gasteiger partial charge in [0.25, 0.3) is 0 Å². The number of hydrogen-bond donors (Lipinski definition) is 1. The molecule has 0 aromatic heterocycles. The van der Waals surface area contributed by atoms with Crippen molar-refractivity contribution in [3.63, 3.8) is 0 Å². The van der Waals surface area contributed by atoms with Crippen molar-refractivity contribution in [3.8, 4) is 0 Å². The third-order valence-corrected chi connectivity index (χ3v) is 4.88. The molecule has 4 heteroatoms. The normalized spacial score (nSPS) is 27.9. The molecule has 2 unspecified atom stereocenters. The number of piperazine rings is 1. The molecule has 2 aliphatic rings. The van der Waals surface area contributed by atoms with Gasteiger partial charge in [0.1, 0.15) is 11.6 Å². The van der Waals surface area contributed by atoms with Crippen molar-refractivity contribution in [1.29, 1.82) is 0 Å². The van der Waals surface area contributed by atoms with E-state index in [0.717, 1.165) is 32.1 Å². The van der Waals surface area contributed by atoms with Gasteiger partial charge in [-0.1, -0.05) is 40.5 Å². The number of nitrogens with one attached hydrogen (secondary N) is 1. The fourth-order valence-electron chi connectivity index (χ4n) is 3.63. The highest BCUT2D eigenvalue weighted by atomic mass is 16.2. The maximum atomic E-state index is 13.1. The summed E-state index contributed by atoms with van der Waals surface area (Å²) in [5, 5.41) is 3.08. The Balaban J connectivity index is 2.41. The van der Waals surface area contributed by atoms with Crippen LogP contribution in [-0.2, 0) is 9.59 Å². The zero-order valence-electron chi connectivity index (χ0n) is 13.5. The van der Waals surface area contributed by atoms with Crippen LogP contribution in [0.3, 0.4) is 0 Å². The van der Waals surface area contributed by atoms with E-state index in [9.17, 15) is 9.59 Å². The summed E-state index contributed by atoms with van der Waals surface area (Å²) < 4.78 is 0. The maximum absolute atomic E-state index is 13.1. The van der Waals surface area contributed by atoms with Gasteiger partial charge in [-0.05, 0) is 31.6 Å². The van der Waals surface area contributed by atoms with Crippen molar-refractivity contribution in [2.45, 2.75) is 84.3 Å². The minimum atomic E-state index is -0.609. The van der Waals surface area contributed by atoms with Gasteiger partial charge in [0.15, 0.2) is 0 Å². The summed E-state index contributed by atoms with van der Waals surface area (Å²) >= 11 is 0. The van der Waals surface area contributed by atoms with Gasteiger partial charge < -0.3 is 10.2 Å². The first kappa shape index (κ1) is 15.3. The molecule has 114 valence electrons. The Labute approximate surface area is 122 Å². The van der Waals surface area contributed by atoms with Gasteiger partial charge in [-0.2, -0.15) is 0 Å². The molecule has 0 aromatic carbocycles. The van der Waals surface area contributed by atoms with Gasteiger partial charge in [-0.25, -0.2) is 0 Å². The molecule has 1 aliphatic carbocycles. The van der Waals surface area contributed by atoms with Gasteiger partial charge in [0.05, 0.1) is 0 Å². The number of nitrogens with zero attached hydrogens (tertiary/aromatic N) is 1. The Morgan fingerprint density at radius 1 is 1.30 bits per heavy atom. The fraction of sp³-hybridized carbons (Fsp3) is 0.875. The van der Waals surface area contributed by atoms with Crippen LogP contribution in [0.1, 0.15) is 66.7 Å². The number of hydrogen-bond acceptors (Lipinski definition) is 2. The highest BCUT2D eigenvalue weighted by Crippen LogP contribution is 2.39. The van der Waals surface area contributed by atoms with Gasteiger partial charge in [-0.3, -0.25) is 9.59 Å². The Morgan fingerprint density at radius 2 is 1.85 bits per heavy atom. The molecule has 1 aliphatic heterocycles. The first-order chi connectivity index (χ1) is 9.23. The van der Waals surface area contributed by atoms with Gasteiger partial charge >= 0.3 is 0 Å². The Bertz CT molecular complexity index is 405. The van der Waals surface area contributed by atoms with Gasteiger partial charge in [0, 0.05) is 6.04 Å². The van der Waals surface area contributed by atoms with Gasteiger partial charge in [-0.15, -0.1) is 0 Å². The lowest BCUT2D eigenvalue weighted by atomic mass is 9.79. The van der Waals surface area contributed by atoms with E-state index in [1.165, 1.54) is 0 Å².